The number of aromatic nitrogens is 2. The lowest BCUT2D eigenvalue weighted by atomic mass is 10.1. The van der Waals surface area contributed by atoms with Crippen LogP contribution in [-0.4, -0.2) is 16.0 Å². The number of hydrogen-bond donors (Lipinski definition) is 1. The summed E-state index contributed by atoms with van der Waals surface area (Å²) in [6, 6.07) is 4.05. The maximum Gasteiger partial charge on any atom is 0.224 e. The molecule has 0 saturated heterocycles. The molecular formula is C13H20N4. The Morgan fingerprint density at radius 1 is 1.35 bits per heavy atom. The van der Waals surface area contributed by atoms with Crippen molar-refractivity contribution in [2.24, 2.45) is 0 Å². The van der Waals surface area contributed by atoms with Gasteiger partial charge in [0, 0.05) is 12.2 Å². The van der Waals surface area contributed by atoms with Crippen LogP contribution >= 0.6 is 0 Å². The van der Waals surface area contributed by atoms with Crippen LogP contribution in [0.5, 0.6) is 0 Å². The fourth-order valence-electron chi connectivity index (χ4n) is 1.76. The van der Waals surface area contributed by atoms with E-state index in [2.05, 4.69) is 29.1 Å². The molecule has 17 heavy (non-hydrogen) atoms. The molecule has 0 aromatic carbocycles. The molecule has 0 radical (unpaired) electrons. The lowest BCUT2D eigenvalue weighted by Gasteiger charge is -2.17. The molecule has 0 bridgehead atoms. The maximum atomic E-state index is 8.77. The topological polar surface area (TPSA) is 61.6 Å². The van der Waals surface area contributed by atoms with Gasteiger partial charge in [0.15, 0.2) is 0 Å². The summed E-state index contributed by atoms with van der Waals surface area (Å²) >= 11 is 0. The molecule has 4 heteroatoms. The van der Waals surface area contributed by atoms with Crippen molar-refractivity contribution in [3.05, 3.63) is 18.0 Å². The monoisotopic (exact) mass is 232 g/mol. The van der Waals surface area contributed by atoms with Crippen LogP contribution < -0.4 is 5.32 Å². The minimum absolute atomic E-state index is 0.410. The van der Waals surface area contributed by atoms with E-state index in [-0.39, 0.29) is 0 Å². The van der Waals surface area contributed by atoms with Crippen LogP contribution in [-0.2, 0) is 0 Å². The van der Waals surface area contributed by atoms with E-state index < -0.39 is 0 Å². The van der Waals surface area contributed by atoms with Crippen molar-refractivity contribution in [3.63, 3.8) is 0 Å². The van der Waals surface area contributed by atoms with Crippen molar-refractivity contribution in [2.75, 3.05) is 5.32 Å². The zero-order chi connectivity index (χ0) is 12.5. The predicted octanol–water partition coefficient (Wildman–Crippen LogP) is 3.12. The highest BCUT2D eigenvalue weighted by Crippen LogP contribution is 2.12. The van der Waals surface area contributed by atoms with Gasteiger partial charge in [-0.1, -0.05) is 33.1 Å². The first-order chi connectivity index (χ1) is 8.30. The minimum atomic E-state index is 0.410. The van der Waals surface area contributed by atoms with Crippen molar-refractivity contribution >= 4 is 5.95 Å². The van der Waals surface area contributed by atoms with E-state index in [1.54, 1.807) is 12.3 Å². The highest BCUT2D eigenvalue weighted by Gasteiger charge is 2.08. The molecule has 0 spiro atoms. The Labute approximate surface area is 103 Å². The number of nitriles is 1. The summed E-state index contributed by atoms with van der Waals surface area (Å²) in [7, 11) is 0. The van der Waals surface area contributed by atoms with Gasteiger partial charge in [-0.3, -0.25) is 0 Å². The van der Waals surface area contributed by atoms with E-state index in [0.29, 0.717) is 17.7 Å². The largest absolute Gasteiger partial charge is 0.351 e. The second-order valence-corrected chi connectivity index (χ2v) is 4.15. The van der Waals surface area contributed by atoms with Crippen molar-refractivity contribution in [3.8, 4) is 6.07 Å². The molecule has 1 aromatic heterocycles. The van der Waals surface area contributed by atoms with E-state index in [1.807, 2.05) is 6.07 Å². The molecule has 1 atom stereocenters. The Morgan fingerprint density at radius 3 is 2.82 bits per heavy atom. The van der Waals surface area contributed by atoms with E-state index in [1.165, 1.54) is 12.8 Å². The molecule has 0 aliphatic heterocycles. The molecular weight excluding hydrogens is 212 g/mol. The number of nitrogens with one attached hydrogen (secondary N) is 1. The van der Waals surface area contributed by atoms with Gasteiger partial charge in [-0.05, 0) is 18.9 Å². The summed E-state index contributed by atoms with van der Waals surface area (Å²) in [5.41, 5.74) is 0.410. The van der Waals surface area contributed by atoms with Crippen LogP contribution in [0.4, 0.5) is 5.95 Å². The lowest BCUT2D eigenvalue weighted by molar-refractivity contribution is 0.561. The average Bonchev–Trinajstić information content (AvgIpc) is 2.36. The van der Waals surface area contributed by atoms with Crippen LogP contribution in [0, 0.1) is 11.3 Å². The minimum Gasteiger partial charge on any atom is -0.351 e. The van der Waals surface area contributed by atoms with Crippen LogP contribution in [0.15, 0.2) is 12.3 Å². The summed E-state index contributed by atoms with van der Waals surface area (Å²) in [4.78, 5) is 8.28. The van der Waals surface area contributed by atoms with Crippen LogP contribution in [0.2, 0.25) is 0 Å². The summed E-state index contributed by atoms with van der Waals surface area (Å²) in [5.74, 6) is 0.568. The van der Waals surface area contributed by atoms with E-state index in [4.69, 9.17) is 5.26 Å². The van der Waals surface area contributed by atoms with Crippen LogP contribution in [0.3, 0.4) is 0 Å². The molecule has 0 saturated carbocycles. The summed E-state index contributed by atoms with van der Waals surface area (Å²) in [6.07, 6.45) is 7.40. The Kier molecular flexibility index (Phi) is 6.02. The first-order valence-corrected chi connectivity index (χ1v) is 6.29. The summed E-state index contributed by atoms with van der Waals surface area (Å²) in [6.45, 7) is 4.36. The first-order valence-electron chi connectivity index (χ1n) is 6.29. The molecule has 92 valence electrons. The van der Waals surface area contributed by atoms with Crippen molar-refractivity contribution in [1.82, 2.24) is 9.97 Å². The van der Waals surface area contributed by atoms with E-state index in [0.717, 1.165) is 19.3 Å². The van der Waals surface area contributed by atoms with Crippen molar-refractivity contribution < 1.29 is 0 Å². The normalized spacial score (nSPS) is 11.8. The van der Waals surface area contributed by atoms with Crippen LogP contribution in [0.1, 0.15) is 51.6 Å². The summed E-state index contributed by atoms with van der Waals surface area (Å²) in [5, 5.41) is 12.1. The first kappa shape index (κ1) is 13.4. The zero-order valence-electron chi connectivity index (χ0n) is 10.6. The van der Waals surface area contributed by atoms with E-state index in [9.17, 15) is 0 Å². The lowest BCUT2D eigenvalue weighted by Crippen LogP contribution is -2.20. The standard InChI is InChI=1S/C13H20N4/c1-3-5-7-11(6-4-2)16-13-15-9-8-12(10-14)17-13/h8-9,11H,3-7H2,1-2H3,(H,15,16,17). The number of hydrogen-bond acceptors (Lipinski definition) is 4. The molecule has 0 aliphatic rings. The van der Waals surface area contributed by atoms with Gasteiger partial charge in [0.05, 0.1) is 0 Å². The van der Waals surface area contributed by atoms with Gasteiger partial charge in [-0.2, -0.15) is 5.26 Å². The van der Waals surface area contributed by atoms with E-state index >= 15 is 0 Å². The second kappa shape index (κ2) is 7.61. The molecule has 1 unspecified atom stereocenters. The molecule has 0 amide bonds. The summed E-state index contributed by atoms with van der Waals surface area (Å²) < 4.78 is 0. The molecule has 0 aliphatic carbocycles. The van der Waals surface area contributed by atoms with Crippen LogP contribution in [0.25, 0.3) is 0 Å². The number of unbranched alkanes of at least 4 members (excludes halogenated alkanes) is 1. The third-order valence-electron chi connectivity index (χ3n) is 2.65. The number of rotatable bonds is 7. The predicted molar refractivity (Wildman–Crippen MR) is 68.6 cm³/mol. The maximum absolute atomic E-state index is 8.77. The smallest absolute Gasteiger partial charge is 0.224 e. The molecule has 1 rings (SSSR count). The van der Waals surface area contributed by atoms with Crippen molar-refractivity contribution in [1.29, 1.82) is 5.26 Å². The zero-order valence-corrected chi connectivity index (χ0v) is 10.6. The average molecular weight is 232 g/mol. The highest BCUT2D eigenvalue weighted by atomic mass is 15.1. The highest BCUT2D eigenvalue weighted by molar-refractivity contribution is 5.30. The number of nitrogens with zero attached hydrogens (tertiary/aromatic N) is 3. The third kappa shape index (κ3) is 4.81. The molecule has 0 fully saturated rings. The quantitative estimate of drug-likeness (QED) is 0.784. The Bertz CT molecular complexity index is 370. The Morgan fingerprint density at radius 2 is 2.18 bits per heavy atom. The van der Waals surface area contributed by atoms with Gasteiger partial charge in [0.25, 0.3) is 0 Å². The molecule has 4 nitrogen and oxygen atoms in total. The molecule has 1 N–H and O–H groups in total. The Hall–Kier alpha value is -1.63. The van der Waals surface area contributed by atoms with Gasteiger partial charge in [-0.25, -0.2) is 9.97 Å². The van der Waals surface area contributed by atoms with Gasteiger partial charge < -0.3 is 5.32 Å². The third-order valence-corrected chi connectivity index (χ3v) is 2.65. The van der Waals surface area contributed by atoms with Gasteiger partial charge in [0.1, 0.15) is 11.8 Å². The van der Waals surface area contributed by atoms with Gasteiger partial charge in [-0.15, -0.1) is 0 Å². The molecule has 1 aromatic rings. The van der Waals surface area contributed by atoms with Gasteiger partial charge in [0.2, 0.25) is 5.95 Å². The Balaban J connectivity index is 2.61. The van der Waals surface area contributed by atoms with Gasteiger partial charge >= 0.3 is 0 Å². The molecule has 1 heterocycles. The second-order valence-electron chi connectivity index (χ2n) is 4.15. The fourth-order valence-corrected chi connectivity index (χ4v) is 1.76. The van der Waals surface area contributed by atoms with Crippen molar-refractivity contribution in [2.45, 2.75) is 52.0 Å². The fraction of sp³-hybridized carbons (Fsp3) is 0.615. The SMILES string of the molecule is CCCCC(CCC)Nc1nccc(C#N)n1. The number of anilines is 1.